The van der Waals surface area contributed by atoms with E-state index in [-0.39, 0.29) is 22.7 Å². The highest BCUT2D eigenvalue weighted by atomic mass is 16.4. The van der Waals surface area contributed by atoms with Gasteiger partial charge in [0.05, 0.1) is 11.3 Å². The van der Waals surface area contributed by atoms with Gasteiger partial charge in [0.1, 0.15) is 16.9 Å². The Labute approximate surface area is 154 Å². The summed E-state index contributed by atoms with van der Waals surface area (Å²) >= 11 is 0. The lowest BCUT2D eigenvalue weighted by Crippen LogP contribution is -2.36. The summed E-state index contributed by atoms with van der Waals surface area (Å²) in [5.41, 5.74) is 0.595. The van der Waals surface area contributed by atoms with Crippen molar-refractivity contribution in [2.45, 2.75) is 5.41 Å². The van der Waals surface area contributed by atoms with E-state index in [9.17, 15) is 24.9 Å². The van der Waals surface area contributed by atoms with Gasteiger partial charge in [0.15, 0.2) is 0 Å². The Hall–Kier alpha value is -3.80. The number of carbonyl (C=O) groups excluding carboxylic acids is 1. The molecule has 134 valence electrons. The second-order valence-corrected chi connectivity index (χ2v) is 6.33. The van der Waals surface area contributed by atoms with Crippen LogP contribution in [-0.2, 0) is 10.2 Å². The summed E-state index contributed by atoms with van der Waals surface area (Å²) < 4.78 is 0. The van der Waals surface area contributed by atoms with Crippen LogP contribution in [0.4, 0.5) is 5.69 Å². The van der Waals surface area contributed by atoms with Crippen molar-refractivity contribution in [3.8, 4) is 11.5 Å². The molecule has 4 rings (SSSR count). The molecular weight excluding hydrogens is 346 g/mol. The Morgan fingerprint density at radius 1 is 0.815 bits per heavy atom. The number of anilines is 1. The van der Waals surface area contributed by atoms with E-state index in [4.69, 9.17) is 0 Å². The number of carboxylic acids is 1. The molecule has 0 saturated carbocycles. The molecule has 0 radical (unpaired) electrons. The van der Waals surface area contributed by atoms with E-state index in [0.717, 1.165) is 0 Å². The number of nitrogens with one attached hydrogen (secondary N) is 1. The van der Waals surface area contributed by atoms with E-state index in [1.54, 1.807) is 36.4 Å². The number of phenolic OH excluding ortho intramolecular Hbond substituents is 2. The zero-order valence-electron chi connectivity index (χ0n) is 14.0. The second kappa shape index (κ2) is 5.88. The third-order valence-electron chi connectivity index (χ3n) is 4.88. The minimum Gasteiger partial charge on any atom is -0.508 e. The van der Waals surface area contributed by atoms with Gasteiger partial charge in [0, 0.05) is 5.56 Å². The van der Waals surface area contributed by atoms with Gasteiger partial charge in [-0.2, -0.15) is 0 Å². The van der Waals surface area contributed by atoms with Crippen molar-refractivity contribution in [2.75, 3.05) is 5.32 Å². The van der Waals surface area contributed by atoms with Crippen LogP contribution in [0.5, 0.6) is 11.5 Å². The van der Waals surface area contributed by atoms with E-state index in [1.165, 1.54) is 30.3 Å². The molecule has 3 aromatic rings. The first-order valence-electron chi connectivity index (χ1n) is 8.22. The SMILES string of the molecule is O=C(O)c1cccc2c1NC(=O)C2(c1ccc(O)cc1)c1ccc(O)cc1. The lowest BCUT2D eigenvalue weighted by molar-refractivity contribution is -0.118. The van der Waals surface area contributed by atoms with Gasteiger partial charge in [-0.05, 0) is 41.5 Å². The van der Waals surface area contributed by atoms with Crippen LogP contribution in [0.15, 0.2) is 66.7 Å². The average Bonchev–Trinajstić information content (AvgIpc) is 2.95. The highest BCUT2D eigenvalue weighted by Gasteiger charge is 2.50. The summed E-state index contributed by atoms with van der Waals surface area (Å²) in [7, 11) is 0. The molecule has 1 heterocycles. The van der Waals surface area contributed by atoms with Crippen molar-refractivity contribution >= 4 is 17.6 Å². The molecule has 0 fully saturated rings. The second-order valence-electron chi connectivity index (χ2n) is 6.33. The Bertz CT molecular complexity index is 1010. The summed E-state index contributed by atoms with van der Waals surface area (Å²) in [6.45, 7) is 0. The molecule has 0 spiro atoms. The molecule has 1 amide bonds. The van der Waals surface area contributed by atoms with Crippen molar-refractivity contribution in [3.05, 3.63) is 89.0 Å². The van der Waals surface area contributed by atoms with Crippen molar-refractivity contribution in [2.24, 2.45) is 0 Å². The lowest BCUT2D eigenvalue weighted by Gasteiger charge is -2.29. The minimum absolute atomic E-state index is 0.000261. The fraction of sp³-hybridized carbons (Fsp3) is 0.0476. The molecule has 0 unspecified atom stereocenters. The van der Waals surface area contributed by atoms with E-state index in [0.29, 0.717) is 16.7 Å². The monoisotopic (exact) mass is 361 g/mol. The number of benzene rings is 3. The molecule has 1 aliphatic heterocycles. The van der Waals surface area contributed by atoms with Crippen molar-refractivity contribution in [3.63, 3.8) is 0 Å². The normalized spacial score (nSPS) is 14.4. The Morgan fingerprint density at radius 2 is 1.33 bits per heavy atom. The Kier molecular flexibility index (Phi) is 3.63. The number of hydrogen-bond donors (Lipinski definition) is 4. The topological polar surface area (TPSA) is 107 Å². The maximum atomic E-state index is 13.3. The zero-order valence-corrected chi connectivity index (χ0v) is 14.0. The predicted octanol–water partition coefficient (Wildman–Crippen LogP) is 3.08. The van der Waals surface area contributed by atoms with E-state index < -0.39 is 17.3 Å². The first-order valence-corrected chi connectivity index (χ1v) is 8.22. The molecular formula is C21H15NO5. The third-order valence-corrected chi connectivity index (χ3v) is 4.88. The van der Waals surface area contributed by atoms with Gasteiger partial charge in [-0.1, -0.05) is 36.4 Å². The average molecular weight is 361 g/mol. The van der Waals surface area contributed by atoms with Crippen LogP contribution in [0.2, 0.25) is 0 Å². The van der Waals surface area contributed by atoms with Crippen LogP contribution < -0.4 is 5.32 Å². The molecule has 1 aliphatic rings. The molecule has 0 atom stereocenters. The number of hydrogen-bond acceptors (Lipinski definition) is 4. The third kappa shape index (κ3) is 2.34. The minimum atomic E-state index is -1.30. The van der Waals surface area contributed by atoms with Gasteiger partial charge in [-0.15, -0.1) is 0 Å². The predicted molar refractivity (Wildman–Crippen MR) is 98.1 cm³/mol. The molecule has 0 saturated heterocycles. The molecule has 0 aliphatic carbocycles. The number of phenols is 2. The van der Waals surface area contributed by atoms with Crippen LogP contribution in [0.1, 0.15) is 27.0 Å². The molecule has 0 bridgehead atoms. The number of amides is 1. The molecule has 6 heteroatoms. The van der Waals surface area contributed by atoms with Gasteiger partial charge >= 0.3 is 5.97 Å². The van der Waals surface area contributed by atoms with Crippen LogP contribution >= 0.6 is 0 Å². The van der Waals surface area contributed by atoms with Crippen LogP contribution in [0.3, 0.4) is 0 Å². The van der Waals surface area contributed by atoms with E-state index >= 15 is 0 Å². The standard InChI is InChI=1S/C21H15NO5/c23-14-8-4-12(5-9-14)21(13-6-10-15(24)11-7-13)17-3-1-2-16(19(25)26)18(17)22-20(21)27/h1-11,23-24H,(H,22,27)(H,25,26). The maximum absolute atomic E-state index is 13.3. The first-order chi connectivity index (χ1) is 12.9. The number of carboxylic acid groups (broad SMARTS) is 1. The summed E-state index contributed by atoms with van der Waals surface area (Å²) in [6.07, 6.45) is 0. The fourth-order valence-corrected chi connectivity index (χ4v) is 3.67. The molecule has 0 aromatic heterocycles. The van der Waals surface area contributed by atoms with Gasteiger partial charge in [-0.25, -0.2) is 4.79 Å². The number of aromatic carboxylic acids is 1. The van der Waals surface area contributed by atoms with Crippen molar-refractivity contribution < 1.29 is 24.9 Å². The first kappa shape index (κ1) is 16.7. The summed E-state index contributed by atoms with van der Waals surface area (Å²) in [5.74, 6) is -1.43. The van der Waals surface area contributed by atoms with Gasteiger partial charge < -0.3 is 20.6 Å². The summed E-state index contributed by atoms with van der Waals surface area (Å²) in [5, 5.41) is 31.5. The Balaban J connectivity index is 2.08. The maximum Gasteiger partial charge on any atom is 0.337 e. The quantitative estimate of drug-likeness (QED) is 0.573. The van der Waals surface area contributed by atoms with Crippen LogP contribution in [0.25, 0.3) is 0 Å². The van der Waals surface area contributed by atoms with E-state index in [1.807, 2.05) is 0 Å². The van der Waals surface area contributed by atoms with E-state index in [2.05, 4.69) is 5.32 Å². The molecule has 3 aromatic carbocycles. The van der Waals surface area contributed by atoms with Gasteiger partial charge in [-0.3, -0.25) is 4.79 Å². The van der Waals surface area contributed by atoms with Crippen molar-refractivity contribution in [1.29, 1.82) is 0 Å². The smallest absolute Gasteiger partial charge is 0.337 e. The van der Waals surface area contributed by atoms with Crippen LogP contribution in [-0.4, -0.2) is 27.2 Å². The number of rotatable bonds is 3. The van der Waals surface area contributed by atoms with Gasteiger partial charge in [0.2, 0.25) is 5.91 Å². The largest absolute Gasteiger partial charge is 0.508 e. The van der Waals surface area contributed by atoms with Crippen molar-refractivity contribution in [1.82, 2.24) is 0 Å². The number of carbonyl (C=O) groups is 2. The molecule has 6 nitrogen and oxygen atoms in total. The number of aromatic hydroxyl groups is 2. The fourth-order valence-electron chi connectivity index (χ4n) is 3.67. The zero-order chi connectivity index (χ0) is 19.2. The highest BCUT2D eigenvalue weighted by molar-refractivity contribution is 6.15. The molecule has 27 heavy (non-hydrogen) atoms. The Morgan fingerprint density at radius 3 is 1.81 bits per heavy atom. The lowest BCUT2D eigenvalue weighted by atomic mass is 9.70. The highest BCUT2D eigenvalue weighted by Crippen LogP contribution is 2.49. The molecule has 4 N–H and O–H groups in total. The van der Waals surface area contributed by atoms with Gasteiger partial charge in [0.25, 0.3) is 0 Å². The number of fused-ring (bicyclic) bond motifs is 1. The number of para-hydroxylation sites is 1. The van der Waals surface area contributed by atoms with Crippen LogP contribution in [0, 0.1) is 0 Å². The summed E-state index contributed by atoms with van der Waals surface area (Å²) in [4.78, 5) is 24.9. The summed E-state index contributed by atoms with van der Waals surface area (Å²) in [6, 6.07) is 17.2.